The number of likely N-dealkylation sites (tertiary alicyclic amines) is 1. The van der Waals surface area contributed by atoms with Gasteiger partial charge in [-0.15, -0.1) is 0 Å². The predicted octanol–water partition coefficient (Wildman–Crippen LogP) is 2.19. The van der Waals surface area contributed by atoms with Crippen LogP contribution in [0.25, 0.3) is 0 Å². The molecule has 2 heterocycles. The number of benzene rings is 1. The van der Waals surface area contributed by atoms with E-state index in [4.69, 9.17) is 4.74 Å². The van der Waals surface area contributed by atoms with E-state index >= 15 is 0 Å². The van der Waals surface area contributed by atoms with Crippen LogP contribution in [0.2, 0.25) is 0 Å². The maximum Gasteiger partial charge on any atom is 0.249 e. The van der Waals surface area contributed by atoms with Gasteiger partial charge in [0.1, 0.15) is 6.10 Å². The number of hydrogen-bond acceptors (Lipinski definition) is 3. The van der Waals surface area contributed by atoms with Crippen LogP contribution in [0, 0.1) is 5.92 Å². The maximum absolute atomic E-state index is 12.3. The zero-order chi connectivity index (χ0) is 15.5. The van der Waals surface area contributed by atoms with Gasteiger partial charge in [0.2, 0.25) is 5.91 Å². The molecule has 2 fully saturated rings. The molecule has 2 saturated heterocycles. The first kappa shape index (κ1) is 15.5. The summed E-state index contributed by atoms with van der Waals surface area (Å²) >= 11 is 0. The summed E-state index contributed by atoms with van der Waals surface area (Å²) in [7, 11) is 0. The van der Waals surface area contributed by atoms with Gasteiger partial charge in [-0.25, -0.2) is 0 Å². The minimum absolute atomic E-state index is 0.0720. The minimum Gasteiger partial charge on any atom is -0.365 e. The molecule has 4 nitrogen and oxygen atoms in total. The van der Waals surface area contributed by atoms with Gasteiger partial charge in [0.25, 0.3) is 0 Å². The molecule has 1 amide bonds. The standard InChI is InChI=1S/C18H26N2O2/c1-13-10-20(11-15-6-4-3-5-7-15)12-16(13)19-18(21)17-9-8-14(2)22-17/h3-7,13-14,16-17H,8-12H2,1-2H3,(H,19,21). The summed E-state index contributed by atoms with van der Waals surface area (Å²) in [6.45, 7) is 7.15. The fraction of sp³-hybridized carbons (Fsp3) is 0.611. The Labute approximate surface area is 132 Å². The molecule has 1 N–H and O–H groups in total. The van der Waals surface area contributed by atoms with Crippen molar-refractivity contribution in [1.29, 1.82) is 0 Å². The van der Waals surface area contributed by atoms with Crippen molar-refractivity contribution in [2.75, 3.05) is 13.1 Å². The number of amides is 1. The normalized spacial score (nSPS) is 32.3. The smallest absolute Gasteiger partial charge is 0.249 e. The van der Waals surface area contributed by atoms with Gasteiger partial charge in [-0.05, 0) is 31.2 Å². The second kappa shape index (κ2) is 6.80. The van der Waals surface area contributed by atoms with E-state index in [1.54, 1.807) is 0 Å². The molecule has 0 spiro atoms. The third-order valence-electron chi connectivity index (χ3n) is 4.79. The number of nitrogens with zero attached hydrogens (tertiary/aromatic N) is 1. The molecular formula is C18H26N2O2. The highest BCUT2D eigenvalue weighted by atomic mass is 16.5. The summed E-state index contributed by atoms with van der Waals surface area (Å²) in [5, 5.41) is 3.20. The Bertz CT molecular complexity index is 505. The summed E-state index contributed by atoms with van der Waals surface area (Å²) in [6, 6.07) is 10.7. The Balaban J connectivity index is 1.51. The van der Waals surface area contributed by atoms with Gasteiger partial charge in [0.15, 0.2) is 0 Å². The van der Waals surface area contributed by atoms with Gasteiger partial charge in [0.05, 0.1) is 6.10 Å². The molecule has 0 aromatic heterocycles. The molecule has 2 aliphatic rings. The number of nitrogens with one attached hydrogen (secondary N) is 1. The molecule has 1 aromatic rings. The summed E-state index contributed by atoms with van der Waals surface area (Å²) < 4.78 is 5.67. The predicted molar refractivity (Wildman–Crippen MR) is 86.4 cm³/mol. The highest BCUT2D eigenvalue weighted by molar-refractivity contribution is 5.81. The van der Waals surface area contributed by atoms with E-state index in [1.165, 1.54) is 5.56 Å². The molecular weight excluding hydrogens is 276 g/mol. The van der Waals surface area contributed by atoms with Gasteiger partial charge < -0.3 is 10.1 Å². The monoisotopic (exact) mass is 302 g/mol. The fourth-order valence-corrected chi connectivity index (χ4v) is 3.50. The average molecular weight is 302 g/mol. The lowest BCUT2D eigenvalue weighted by Gasteiger charge is -2.20. The van der Waals surface area contributed by atoms with E-state index in [0.29, 0.717) is 5.92 Å². The Morgan fingerprint density at radius 3 is 2.68 bits per heavy atom. The highest BCUT2D eigenvalue weighted by Gasteiger charge is 2.34. The largest absolute Gasteiger partial charge is 0.365 e. The lowest BCUT2D eigenvalue weighted by Crippen LogP contribution is -2.44. The molecule has 1 aromatic carbocycles. The van der Waals surface area contributed by atoms with Crippen LogP contribution in [0.3, 0.4) is 0 Å². The van der Waals surface area contributed by atoms with Crippen molar-refractivity contribution in [2.45, 2.75) is 51.5 Å². The fourth-order valence-electron chi connectivity index (χ4n) is 3.50. The van der Waals surface area contributed by atoms with E-state index in [0.717, 1.165) is 32.5 Å². The number of carbonyl (C=O) groups excluding carboxylic acids is 1. The molecule has 4 heteroatoms. The molecule has 22 heavy (non-hydrogen) atoms. The Morgan fingerprint density at radius 2 is 2.00 bits per heavy atom. The van der Waals surface area contributed by atoms with E-state index < -0.39 is 0 Å². The molecule has 4 unspecified atom stereocenters. The molecule has 0 bridgehead atoms. The Kier molecular flexibility index (Phi) is 4.79. The Hall–Kier alpha value is -1.39. The SMILES string of the molecule is CC1CCC(C(=O)NC2CN(Cc3ccccc3)CC2C)O1. The van der Waals surface area contributed by atoms with Crippen molar-refractivity contribution in [3.63, 3.8) is 0 Å². The molecule has 0 radical (unpaired) electrons. The third-order valence-corrected chi connectivity index (χ3v) is 4.79. The van der Waals surface area contributed by atoms with Crippen molar-refractivity contribution < 1.29 is 9.53 Å². The molecule has 4 atom stereocenters. The lowest BCUT2D eigenvalue weighted by molar-refractivity contribution is -0.132. The first-order valence-electron chi connectivity index (χ1n) is 8.34. The van der Waals surface area contributed by atoms with Crippen molar-refractivity contribution in [1.82, 2.24) is 10.2 Å². The van der Waals surface area contributed by atoms with Crippen molar-refractivity contribution >= 4 is 5.91 Å². The van der Waals surface area contributed by atoms with Crippen molar-refractivity contribution in [3.05, 3.63) is 35.9 Å². The van der Waals surface area contributed by atoms with Crippen LogP contribution in [-0.2, 0) is 16.1 Å². The van der Waals surface area contributed by atoms with Crippen molar-refractivity contribution in [3.8, 4) is 0 Å². The number of hydrogen-bond donors (Lipinski definition) is 1. The van der Waals surface area contributed by atoms with Crippen LogP contribution in [0.5, 0.6) is 0 Å². The second-order valence-electron chi connectivity index (χ2n) is 6.78. The lowest BCUT2D eigenvalue weighted by atomic mass is 10.1. The minimum atomic E-state index is -0.245. The quantitative estimate of drug-likeness (QED) is 0.927. The average Bonchev–Trinajstić information content (AvgIpc) is 3.07. The van der Waals surface area contributed by atoms with Crippen LogP contribution in [0.1, 0.15) is 32.3 Å². The summed E-state index contributed by atoms with van der Waals surface area (Å²) in [5.41, 5.74) is 1.33. The summed E-state index contributed by atoms with van der Waals surface area (Å²) in [5.74, 6) is 0.550. The van der Waals surface area contributed by atoms with E-state index in [9.17, 15) is 4.79 Å². The third kappa shape index (κ3) is 3.68. The van der Waals surface area contributed by atoms with E-state index in [-0.39, 0.29) is 24.2 Å². The van der Waals surface area contributed by atoms with E-state index in [2.05, 4.69) is 41.4 Å². The molecule has 3 rings (SSSR count). The number of rotatable bonds is 4. The number of ether oxygens (including phenoxy) is 1. The van der Waals surface area contributed by atoms with Crippen molar-refractivity contribution in [2.24, 2.45) is 5.92 Å². The van der Waals surface area contributed by atoms with Crippen LogP contribution in [-0.4, -0.2) is 42.1 Å². The van der Waals surface area contributed by atoms with Crippen LogP contribution in [0.15, 0.2) is 30.3 Å². The molecule has 0 aliphatic carbocycles. The topological polar surface area (TPSA) is 41.6 Å². The first-order valence-corrected chi connectivity index (χ1v) is 8.34. The summed E-state index contributed by atoms with van der Waals surface area (Å²) in [4.78, 5) is 14.7. The van der Waals surface area contributed by atoms with Gasteiger partial charge in [-0.3, -0.25) is 9.69 Å². The summed E-state index contributed by atoms with van der Waals surface area (Å²) in [6.07, 6.45) is 1.80. The van der Waals surface area contributed by atoms with Crippen LogP contribution < -0.4 is 5.32 Å². The molecule has 2 aliphatic heterocycles. The van der Waals surface area contributed by atoms with Crippen LogP contribution in [0.4, 0.5) is 0 Å². The maximum atomic E-state index is 12.3. The molecule has 120 valence electrons. The first-order chi connectivity index (χ1) is 10.6. The van der Waals surface area contributed by atoms with Gasteiger partial charge >= 0.3 is 0 Å². The van der Waals surface area contributed by atoms with Gasteiger partial charge in [-0.1, -0.05) is 37.3 Å². The Morgan fingerprint density at radius 1 is 1.23 bits per heavy atom. The van der Waals surface area contributed by atoms with Gasteiger partial charge in [0, 0.05) is 25.7 Å². The zero-order valence-corrected chi connectivity index (χ0v) is 13.5. The second-order valence-corrected chi connectivity index (χ2v) is 6.78. The number of carbonyl (C=O) groups is 1. The highest BCUT2D eigenvalue weighted by Crippen LogP contribution is 2.22. The van der Waals surface area contributed by atoms with E-state index in [1.807, 2.05) is 13.0 Å². The zero-order valence-electron chi connectivity index (χ0n) is 13.5. The van der Waals surface area contributed by atoms with Gasteiger partial charge in [-0.2, -0.15) is 0 Å². The molecule has 0 saturated carbocycles. The van der Waals surface area contributed by atoms with Crippen LogP contribution >= 0.6 is 0 Å².